The summed E-state index contributed by atoms with van der Waals surface area (Å²) in [6.45, 7) is 6.45. The van der Waals surface area contributed by atoms with Gasteiger partial charge >= 0.3 is 0 Å². The van der Waals surface area contributed by atoms with E-state index in [1.54, 1.807) is 30.0 Å². The van der Waals surface area contributed by atoms with Gasteiger partial charge in [0.15, 0.2) is 0 Å². The van der Waals surface area contributed by atoms with Crippen molar-refractivity contribution < 1.29 is 18.0 Å². The Morgan fingerprint density at radius 2 is 1.79 bits per heavy atom. The first-order chi connectivity index (χ1) is 16.0. The summed E-state index contributed by atoms with van der Waals surface area (Å²) in [5, 5.41) is 3.28. The average molecular weight is 508 g/mol. The quantitative estimate of drug-likeness (QED) is 0.467. The summed E-state index contributed by atoms with van der Waals surface area (Å²) in [7, 11) is -3.58. The number of amides is 2. The van der Waals surface area contributed by atoms with Crippen LogP contribution in [0, 0.1) is 6.92 Å². The zero-order valence-corrected chi connectivity index (χ0v) is 21.8. The molecule has 7 nitrogen and oxygen atoms in total. The number of carbonyl (C=O) groups is 2. The zero-order chi connectivity index (χ0) is 25.3. The number of benzene rings is 2. The van der Waals surface area contributed by atoms with Gasteiger partial charge in [-0.15, -0.1) is 0 Å². The molecule has 0 aliphatic heterocycles. The fourth-order valence-corrected chi connectivity index (χ4v) is 4.77. The van der Waals surface area contributed by atoms with Crippen LogP contribution >= 0.6 is 11.6 Å². The summed E-state index contributed by atoms with van der Waals surface area (Å²) in [4.78, 5) is 27.4. The number of rotatable bonds is 12. The SMILES string of the molecule is CCCNC(=O)[C@H](C)N(Cc1ccccc1)C(=O)CCCN(c1cc(Cl)ccc1C)S(C)(=O)=O. The minimum Gasteiger partial charge on any atom is -0.354 e. The van der Waals surface area contributed by atoms with Crippen molar-refractivity contribution in [3.05, 3.63) is 64.7 Å². The molecule has 2 rings (SSSR count). The molecule has 2 amide bonds. The molecule has 2 aromatic carbocycles. The van der Waals surface area contributed by atoms with E-state index < -0.39 is 16.1 Å². The summed E-state index contributed by atoms with van der Waals surface area (Å²) in [5.41, 5.74) is 2.18. The molecule has 186 valence electrons. The van der Waals surface area contributed by atoms with Crippen LogP contribution in [-0.2, 0) is 26.2 Å². The van der Waals surface area contributed by atoms with Crippen LogP contribution in [0.25, 0.3) is 0 Å². The van der Waals surface area contributed by atoms with E-state index >= 15 is 0 Å². The molecular weight excluding hydrogens is 474 g/mol. The summed E-state index contributed by atoms with van der Waals surface area (Å²) in [6.07, 6.45) is 2.34. The third kappa shape index (κ3) is 8.02. The summed E-state index contributed by atoms with van der Waals surface area (Å²) in [5.74, 6) is -0.419. The highest BCUT2D eigenvalue weighted by Gasteiger charge is 2.26. The lowest BCUT2D eigenvalue weighted by molar-refractivity contribution is -0.140. The monoisotopic (exact) mass is 507 g/mol. The van der Waals surface area contributed by atoms with Gasteiger partial charge in [-0.1, -0.05) is 54.9 Å². The summed E-state index contributed by atoms with van der Waals surface area (Å²) < 4.78 is 26.2. The van der Waals surface area contributed by atoms with E-state index in [0.29, 0.717) is 30.2 Å². The minimum atomic E-state index is -3.58. The number of hydrogen-bond acceptors (Lipinski definition) is 4. The molecule has 0 radical (unpaired) electrons. The Balaban J connectivity index is 2.16. The molecule has 0 aliphatic rings. The lowest BCUT2D eigenvalue weighted by Gasteiger charge is -2.29. The van der Waals surface area contributed by atoms with E-state index in [1.165, 1.54) is 4.31 Å². The topological polar surface area (TPSA) is 86.8 Å². The van der Waals surface area contributed by atoms with Crippen LogP contribution in [-0.4, -0.2) is 50.5 Å². The molecule has 0 aliphatic carbocycles. The second-order valence-corrected chi connectivity index (χ2v) is 10.7. The van der Waals surface area contributed by atoms with Crippen molar-refractivity contribution in [1.82, 2.24) is 10.2 Å². The van der Waals surface area contributed by atoms with Crippen LogP contribution in [0.4, 0.5) is 5.69 Å². The molecule has 34 heavy (non-hydrogen) atoms. The van der Waals surface area contributed by atoms with Crippen molar-refractivity contribution in [2.24, 2.45) is 0 Å². The number of nitrogens with zero attached hydrogens (tertiary/aromatic N) is 2. The van der Waals surface area contributed by atoms with Gasteiger partial charge in [0.25, 0.3) is 0 Å². The van der Waals surface area contributed by atoms with E-state index in [0.717, 1.165) is 23.8 Å². The van der Waals surface area contributed by atoms with E-state index in [-0.39, 0.29) is 24.8 Å². The molecule has 0 unspecified atom stereocenters. The van der Waals surface area contributed by atoms with Gasteiger partial charge in [-0.2, -0.15) is 0 Å². The molecule has 0 saturated carbocycles. The van der Waals surface area contributed by atoms with Crippen LogP contribution < -0.4 is 9.62 Å². The van der Waals surface area contributed by atoms with Crippen LogP contribution in [0.5, 0.6) is 0 Å². The maximum atomic E-state index is 13.2. The van der Waals surface area contributed by atoms with Crippen molar-refractivity contribution in [3.8, 4) is 0 Å². The number of aryl methyl sites for hydroxylation is 1. The third-order valence-electron chi connectivity index (χ3n) is 5.50. The van der Waals surface area contributed by atoms with Crippen molar-refractivity contribution >= 4 is 39.1 Å². The Kier molecular flexibility index (Phi) is 10.4. The number of halogens is 1. The van der Waals surface area contributed by atoms with E-state index in [2.05, 4.69) is 5.32 Å². The molecule has 0 saturated heterocycles. The highest BCUT2D eigenvalue weighted by molar-refractivity contribution is 7.92. The Labute approximate surface area is 208 Å². The molecule has 1 atom stereocenters. The van der Waals surface area contributed by atoms with Crippen LogP contribution in [0.3, 0.4) is 0 Å². The first-order valence-corrected chi connectivity index (χ1v) is 13.6. The van der Waals surface area contributed by atoms with Crippen LogP contribution in [0.2, 0.25) is 5.02 Å². The predicted octanol–water partition coefficient (Wildman–Crippen LogP) is 4.14. The van der Waals surface area contributed by atoms with Crippen LogP contribution in [0.15, 0.2) is 48.5 Å². The Hall–Kier alpha value is -2.58. The zero-order valence-electron chi connectivity index (χ0n) is 20.3. The number of nitrogens with one attached hydrogen (secondary N) is 1. The first-order valence-electron chi connectivity index (χ1n) is 11.4. The van der Waals surface area contributed by atoms with Gasteiger partial charge < -0.3 is 10.2 Å². The second-order valence-electron chi connectivity index (χ2n) is 8.34. The first kappa shape index (κ1) is 27.7. The maximum absolute atomic E-state index is 13.2. The standard InChI is InChI=1S/C25H34ClN3O4S/c1-5-15-27-25(31)20(3)28(18-21-10-7-6-8-11-21)24(30)12-9-16-29(34(4,32)33)23-17-22(26)14-13-19(23)2/h6-8,10-11,13-14,17,20H,5,9,12,15-16,18H2,1-4H3,(H,27,31)/t20-/m0/s1. The number of hydrogen-bond donors (Lipinski definition) is 1. The van der Waals surface area contributed by atoms with E-state index in [9.17, 15) is 18.0 Å². The van der Waals surface area contributed by atoms with Gasteiger partial charge in [-0.05, 0) is 49.9 Å². The fourth-order valence-electron chi connectivity index (χ4n) is 3.59. The number of carbonyl (C=O) groups excluding carboxylic acids is 2. The maximum Gasteiger partial charge on any atom is 0.242 e. The normalized spacial score (nSPS) is 12.1. The highest BCUT2D eigenvalue weighted by atomic mass is 35.5. The number of anilines is 1. The molecule has 0 heterocycles. The Morgan fingerprint density at radius 1 is 1.12 bits per heavy atom. The Morgan fingerprint density at radius 3 is 2.41 bits per heavy atom. The van der Waals surface area contributed by atoms with Gasteiger partial charge in [-0.3, -0.25) is 13.9 Å². The smallest absolute Gasteiger partial charge is 0.242 e. The third-order valence-corrected chi connectivity index (χ3v) is 6.92. The molecule has 1 N–H and O–H groups in total. The van der Waals surface area contributed by atoms with Crippen molar-refractivity contribution in [2.75, 3.05) is 23.7 Å². The van der Waals surface area contributed by atoms with Gasteiger partial charge in [0.2, 0.25) is 21.8 Å². The molecule has 9 heteroatoms. The average Bonchev–Trinajstić information content (AvgIpc) is 2.79. The number of sulfonamides is 1. The molecule has 0 aromatic heterocycles. The van der Waals surface area contributed by atoms with E-state index in [1.807, 2.05) is 44.2 Å². The van der Waals surface area contributed by atoms with Crippen LogP contribution in [0.1, 0.15) is 44.2 Å². The highest BCUT2D eigenvalue weighted by Crippen LogP contribution is 2.26. The summed E-state index contributed by atoms with van der Waals surface area (Å²) in [6, 6.07) is 13.9. The minimum absolute atomic E-state index is 0.101. The molecule has 0 spiro atoms. The summed E-state index contributed by atoms with van der Waals surface area (Å²) >= 11 is 6.09. The van der Waals surface area contributed by atoms with Crippen molar-refractivity contribution in [2.45, 2.75) is 52.6 Å². The molecule has 0 bridgehead atoms. The van der Waals surface area contributed by atoms with E-state index in [4.69, 9.17) is 11.6 Å². The van der Waals surface area contributed by atoms with Gasteiger partial charge in [0.05, 0.1) is 11.9 Å². The van der Waals surface area contributed by atoms with Gasteiger partial charge in [0.1, 0.15) is 6.04 Å². The van der Waals surface area contributed by atoms with Crippen molar-refractivity contribution in [3.63, 3.8) is 0 Å². The Bertz CT molecular complexity index is 1080. The van der Waals surface area contributed by atoms with Crippen molar-refractivity contribution in [1.29, 1.82) is 0 Å². The lowest BCUT2D eigenvalue weighted by atomic mass is 10.1. The predicted molar refractivity (Wildman–Crippen MR) is 137 cm³/mol. The largest absolute Gasteiger partial charge is 0.354 e. The van der Waals surface area contributed by atoms with Gasteiger partial charge in [-0.25, -0.2) is 8.42 Å². The lowest BCUT2D eigenvalue weighted by Crippen LogP contribution is -2.47. The fraction of sp³-hybridized carbons (Fsp3) is 0.440. The van der Waals surface area contributed by atoms with Gasteiger partial charge in [0, 0.05) is 31.1 Å². The second kappa shape index (κ2) is 12.8. The molecule has 2 aromatic rings. The molecule has 0 fully saturated rings. The molecular formula is C25H34ClN3O4S.